The zero-order chi connectivity index (χ0) is 12.9. The summed E-state index contributed by atoms with van der Waals surface area (Å²) in [7, 11) is 0. The van der Waals surface area contributed by atoms with E-state index in [2.05, 4.69) is 4.98 Å². The lowest BCUT2D eigenvalue weighted by atomic mass is 10.1. The van der Waals surface area contributed by atoms with Gasteiger partial charge in [-0.3, -0.25) is 4.79 Å². The van der Waals surface area contributed by atoms with Gasteiger partial charge in [0, 0.05) is 22.5 Å². The van der Waals surface area contributed by atoms with Crippen LogP contribution in [0.15, 0.2) is 35.1 Å². The van der Waals surface area contributed by atoms with Gasteiger partial charge in [-0.05, 0) is 18.2 Å². The maximum Gasteiger partial charge on any atom is 0.200 e. The standard InChI is InChI=1S/C13H8ClNO3/c14-6-1-2-8-9(3-6)15-10-4-7(16)5-11(17)12(10)13(8)18/h1-5,16-17H,(H,15,18). The number of phenolic OH excluding ortho intramolecular Hbond substituents is 2. The molecule has 3 rings (SSSR count). The van der Waals surface area contributed by atoms with Gasteiger partial charge >= 0.3 is 0 Å². The molecule has 4 nitrogen and oxygen atoms in total. The molecule has 0 aliphatic heterocycles. The van der Waals surface area contributed by atoms with Crippen LogP contribution in [0.3, 0.4) is 0 Å². The number of nitrogens with one attached hydrogen (secondary N) is 1. The van der Waals surface area contributed by atoms with Crippen LogP contribution >= 0.6 is 11.6 Å². The Morgan fingerprint density at radius 2 is 1.83 bits per heavy atom. The molecule has 0 bridgehead atoms. The largest absolute Gasteiger partial charge is 0.508 e. The summed E-state index contributed by atoms with van der Waals surface area (Å²) in [5.41, 5.74) is 0.630. The van der Waals surface area contributed by atoms with Gasteiger partial charge in [-0.2, -0.15) is 0 Å². The summed E-state index contributed by atoms with van der Waals surface area (Å²) in [6.07, 6.45) is 0. The minimum absolute atomic E-state index is 0.114. The number of H-pyrrole nitrogens is 1. The molecule has 0 spiro atoms. The number of aromatic hydroxyl groups is 2. The van der Waals surface area contributed by atoms with Gasteiger partial charge < -0.3 is 15.2 Å². The van der Waals surface area contributed by atoms with E-state index in [4.69, 9.17) is 11.6 Å². The minimum Gasteiger partial charge on any atom is -0.508 e. The van der Waals surface area contributed by atoms with E-state index < -0.39 is 0 Å². The molecule has 0 saturated heterocycles. The van der Waals surface area contributed by atoms with Gasteiger partial charge in [0.1, 0.15) is 11.5 Å². The SMILES string of the molecule is O=c1c2ccc(Cl)cc2[nH]c2cc(O)cc(O)c12. The molecule has 3 N–H and O–H groups in total. The van der Waals surface area contributed by atoms with Gasteiger partial charge in [-0.25, -0.2) is 0 Å². The number of halogens is 1. The smallest absolute Gasteiger partial charge is 0.200 e. The quantitative estimate of drug-likeness (QED) is 0.545. The molecule has 1 aromatic heterocycles. The van der Waals surface area contributed by atoms with Crippen molar-refractivity contribution >= 4 is 33.4 Å². The average Bonchev–Trinajstić information content (AvgIpc) is 2.27. The third-order valence-corrected chi connectivity index (χ3v) is 3.06. The monoisotopic (exact) mass is 261 g/mol. The Balaban J connectivity index is 2.61. The van der Waals surface area contributed by atoms with E-state index in [0.29, 0.717) is 21.4 Å². The summed E-state index contributed by atoms with van der Waals surface area (Å²) in [5.74, 6) is -0.361. The second-order valence-electron chi connectivity index (χ2n) is 4.03. The van der Waals surface area contributed by atoms with E-state index in [1.807, 2.05) is 0 Å². The first-order chi connectivity index (χ1) is 8.56. The van der Waals surface area contributed by atoms with Crippen molar-refractivity contribution in [2.75, 3.05) is 0 Å². The molecule has 0 fully saturated rings. The Bertz CT molecular complexity index is 839. The van der Waals surface area contributed by atoms with Crippen LogP contribution in [0.5, 0.6) is 11.5 Å². The molecule has 90 valence electrons. The summed E-state index contributed by atoms with van der Waals surface area (Å²) in [6, 6.07) is 7.36. The summed E-state index contributed by atoms with van der Waals surface area (Å²) in [5, 5.41) is 20.3. The summed E-state index contributed by atoms with van der Waals surface area (Å²) >= 11 is 5.86. The highest BCUT2D eigenvalue weighted by molar-refractivity contribution is 6.31. The number of pyridine rings is 1. The van der Waals surface area contributed by atoms with Crippen LogP contribution in [0.2, 0.25) is 5.02 Å². The molecule has 18 heavy (non-hydrogen) atoms. The van der Waals surface area contributed by atoms with Crippen LogP contribution in [-0.2, 0) is 0 Å². The van der Waals surface area contributed by atoms with E-state index in [1.165, 1.54) is 6.07 Å². The van der Waals surface area contributed by atoms with Crippen molar-refractivity contribution in [1.82, 2.24) is 4.98 Å². The topological polar surface area (TPSA) is 73.3 Å². The van der Waals surface area contributed by atoms with Gasteiger partial charge in [0.15, 0.2) is 0 Å². The maximum absolute atomic E-state index is 12.2. The van der Waals surface area contributed by atoms with E-state index in [1.54, 1.807) is 18.2 Å². The van der Waals surface area contributed by atoms with Crippen molar-refractivity contribution in [2.24, 2.45) is 0 Å². The Labute approximate surface area is 106 Å². The predicted molar refractivity (Wildman–Crippen MR) is 70.4 cm³/mol. The van der Waals surface area contributed by atoms with Crippen molar-refractivity contribution in [1.29, 1.82) is 0 Å². The Morgan fingerprint density at radius 1 is 1.06 bits per heavy atom. The van der Waals surface area contributed by atoms with Crippen LogP contribution < -0.4 is 5.43 Å². The van der Waals surface area contributed by atoms with E-state index in [0.717, 1.165) is 6.07 Å². The number of benzene rings is 2. The van der Waals surface area contributed by atoms with Gasteiger partial charge in [0.25, 0.3) is 0 Å². The Morgan fingerprint density at radius 3 is 2.61 bits per heavy atom. The van der Waals surface area contributed by atoms with Gasteiger partial charge in [-0.1, -0.05) is 11.6 Å². The second-order valence-corrected chi connectivity index (χ2v) is 4.47. The number of aromatic nitrogens is 1. The zero-order valence-electron chi connectivity index (χ0n) is 9.07. The molecule has 0 aliphatic carbocycles. The third-order valence-electron chi connectivity index (χ3n) is 2.82. The first-order valence-corrected chi connectivity index (χ1v) is 5.61. The molecular formula is C13H8ClNO3. The summed E-state index contributed by atoms with van der Waals surface area (Å²) < 4.78 is 0. The van der Waals surface area contributed by atoms with E-state index in [-0.39, 0.29) is 22.3 Å². The molecule has 1 heterocycles. The van der Waals surface area contributed by atoms with Gasteiger partial charge in [0.05, 0.1) is 16.4 Å². The van der Waals surface area contributed by atoms with Crippen molar-refractivity contribution in [3.63, 3.8) is 0 Å². The highest BCUT2D eigenvalue weighted by Gasteiger charge is 2.10. The molecular weight excluding hydrogens is 254 g/mol. The lowest BCUT2D eigenvalue weighted by Gasteiger charge is -2.05. The number of phenols is 2. The van der Waals surface area contributed by atoms with Crippen LogP contribution in [0, 0.1) is 0 Å². The van der Waals surface area contributed by atoms with Crippen molar-refractivity contribution in [3.05, 3.63) is 45.6 Å². The van der Waals surface area contributed by atoms with Crippen LogP contribution in [0.4, 0.5) is 0 Å². The van der Waals surface area contributed by atoms with Crippen molar-refractivity contribution in [3.8, 4) is 11.5 Å². The highest BCUT2D eigenvalue weighted by atomic mass is 35.5. The van der Waals surface area contributed by atoms with Crippen LogP contribution in [0.25, 0.3) is 21.8 Å². The predicted octanol–water partition coefficient (Wildman–Crippen LogP) is 2.75. The lowest BCUT2D eigenvalue weighted by molar-refractivity contribution is 0.455. The molecule has 0 amide bonds. The highest BCUT2D eigenvalue weighted by Crippen LogP contribution is 2.28. The summed E-state index contributed by atoms with van der Waals surface area (Å²) in [4.78, 5) is 15.2. The molecule has 0 saturated carbocycles. The summed E-state index contributed by atoms with van der Waals surface area (Å²) in [6.45, 7) is 0. The molecule has 0 radical (unpaired) electrons. The molecule has 0 aliphatic rings. The third kappa shape index (κ3) is 1.50. The fourth-order valence-electron chi connectivity index (χ4n) is 2.05. The molecule has 0 unspecified atom stereocenters. The normalized spacial score (nSPS) is 11.2. The molecule has 0 atom stereocenters. The number of aromatic amines is 1. The van der Waals surface area contributed by atoms with Gasteiger partial charge in [-0.15, -0.1) is 0 Å². The first kappa shape index (κ1) is 10.9. The average molecular weight is 262 g/mol. The number of hydrogen-bond donors (Lipinski definition) is 3. The fraction of sp³-hybridized carbons (Fsp3) is 0. The zero-order valence-corrected chi connectivity index (χ0v) is 9.82. The first-order valence-electron chi connectivity index (χ1n) is 5.23. The van der Waals surface area contributed by atoms with E-state index in [9.17, 15) is 15.0 Å². The second kappa shape index (κ2) is 3.65. The lowest BCUT2D eigenvalue weighted by Crippen LogP contribution is -2.04. The Hall–Kier alpha value is -2.20. The maximum atomic E-state index is 12.2. The van der Waals surface area contributed by atoms with Crippen LogP contribution in [0.1, 0.15) is 0 Å². The Kier molecular flexibility index (Phi) is 2.21. The van der Waals surface area contributed by atoms with Crippen LogP contribution in [-0.4, -0.2) is 15.2 Å². The molecule has 5 heteroatoms. The fourth-order valence-corrected chi connectivity index (χ4v) is 2.22. The van der Waals surface area contributed by atoms with E-state index >= 15 is 0 Å². The number of hydrogen-bond acceptors (Lipinski definition) is 3. The molecule has 3 aromatic rings. The van der Waals surface area contributed by atoms with Crippen molar-refractivity contribution in [2.45, 2.75) is 0 Å². The molecule has 2 aromatic carbocycles. The minimum atomic E-state index is -0.298. The van der Waals surface area contributed by atoms with Gasteiger partial charge in [0.2, 0.25) is 5.43 Å². The van der Waals surface area contributed by atoms with Crippen molar-refractivity contribution < 1.29 is 10.2 Å². The number of rotatable bonds is 0. The number of fused-ring (bicyclic) bond motifs is 2.